The normalized spacial score (nSPS) is 19.8. The molecule has 2 rings (SSSR count). The van der Waals surface area contributed by atoms with Gasteiger partial charge in [0.15, 0.2) is 5.17 Å². The molecule has 0 bridgehead atoms. The summed E-state index contributed by atoms with van der Waals surface area (Å²) in [6, 6.07) is 7.53. The SMILES string of the molecule is COc1ccc(/C=C/C(C)=N/N=C2/NC(=O)[C@@H](CC(=O)[O-])S2)cc1. The van der Waals surface area contributed by atoms with E-state index in [4.69, 9.17) is 4.74 Å². The predicted molar refractivity (Wildman–Crippen MR) is 91.7 cm³/mol. The third-order valence-corrected chi connectivity index (χ3v) is 4.13. The van der Waals surface area contributed by atoms with Crippen LogP contribution >= 0.6 is 11.8 Å². The molecule has 0 radical (unpaired) electrons. The van der Waals surface area contributed by atoms with Crippen molar-refractivity contribution in [2.75, 3.05) is 7.11 Å². The number of carbonyl (C=O) groups is 2. The van der Waals surface area contributed by atoms with E-state index in [2.05, 4.69) is 15.5 Å². The number of methoxy groups -OCH3 is 1. The second-order valence-electron chi connectivity index (χ2n) is 4.92. The predicted octanol–water partition coefficient (Wildman–Crippen LogP) is 0.812. The maximum atomic E-state index is 11.6. The van der Waals surface area contributed by atoms with Gasteiger partial charge in [0, 0.05) is 12.4 Å². The van der Waals surface area contributed by atoms with Gasteiger partial charge in [0.25, 0.3) is 0 Å². The van der Waals surface area contributed by atoms with Gasteiger partial charge in [-0.2, -0.15) is 5.10 Å². The van der Waals surface area contributed by atoms with E-state index in [1.54, 1.807) is 20.1 Å². The lowest BCUT2D eigenvalue weighted by Gasteiger charge is -2.04. The van der Waals surface area contributed by atoms with Crippen molar-refractivity contribution in [3.8, 4) is 5.75 Å². The highest BCUT2D eigenvalue weighted by Gasteiger charge is 2.30. The Kier molecular flexibility index (Phi) is 6.14. The molecule has 1 fully saturated rings. The van der Waals surface area contributed by atoms with E-state index in [-0.39, 0.29) is 11.6 Å². The Morgan fingerprint density at radius 1 is 1.42 bits per heavy atom. The smallest absolute Gasteiger partial charge is 0.239 e. The van der Waals surface area contributed by atoms with E-state index in [1.807, 2.05) is 30.3 Å². The molecule has 1 aliphatic heterocycles. The average molecular weight is 346 g/mol. The van der Waals surface area contributed by atoms with Crippen LogP contribution < -0.4 is 15.2 Å². The van der Waals surface area contributed by atoms with Crippen molar-refractivity contribution in [3.05, 3.63) is 35.9 Å². The standard InChI is InChI=1S/C16H17N3O4S/c1-10(3-4-11-5-7-12(23-2)8-6-11)18-19-16-17-15(22)13(24-16)9-14(20)21/h3-8,13H,9H2,1-2H3,(H,20,21)(H,17,19,22)/p-1/b4-3+,18-10+/t13-/m1/s1. The van der Waals surface area contributed by atoms with Crippen LogP contribution in [0.15, 0.2) is 40.5 Å². The van der Waals surface area contributed by atoms with Gasteiger partial charge in [0.1, 0.15) is 5.75 Å². The molecule has 0 aromatic heterocycles. The number of benzene rings is 1. The quantitative estimate of drug-likeness (QED) is 0.606. The number of ether oxygens (including phenoxy) is 1. The first-order valence-corrected chi connectivity index (χ1v) is 7.97. The highest BCUT2D eigenvalue weighted by molar-refractivity contribution is 8.15. The zero-order valence-electron chi connectivity index (χ0n) is 13.2. The van der Waals surface area contributed by atoms with E-state index >= 15 is 0 Å². The minimum atomic E-state index is -1.27. The van der Waals surface area contributed by atoms with Crippen LogP contribution in [0.2, 0.25) is 0 Å². The topological polar surface area (TPSA) is 103 Å². The summed E-state index contributed by atoms with van der Waals surface area (Å²) in [5.74, 6) is -0.889. The fraction of sp³-hybridized carbons (Fsp3) is 0.250. The highest BCUT2D eigenvalue weighted by atomic mass is 32.2. The molecule has 1 N–H and O–H groups in total. The molecular weight excluding hydrogens is 330 g/mol. The van der Waals surface area contributed by atoms with Gasteiger partial charge in [-0.25, -0.2) is 0 Å². The van der Waals surface area contributed by atoms with Crippen molar-refractivity contribution >= 4 is 40.6 Å². The molecule has 0 spiro atoms. The second-order valence-corrected chi connectivity index (χ2v) is 6.12. The molecule has 1 aliphatic rings. The largest absolute Gasteiger partial charge is 0.550 e. The Labute approximate surface area is 143 Å². The number of nitrogens with zero attached hydrogens (tertiary/aromatic N) is 2. The first kappa shape index (κ1) is 17.7. The Morgan fingerprint density at radius 2 is 2.12 bits per heavy atom. The second kappa shape index (κ2) is 8.30. The Morgan fingerprint density at radius 3 is 2.75 bits per heavy atom. The van der Waals surface area contributed by atoms with Gasteiger partial charge in [0.05, 0.1) is 18.1 Å². The summed E-state index contributed by atoms with van der Waals surface area (Å²) < 4.78 is 5.09. The molecule has 1 saturated heterocycles. The van der Waals surface area contributed by atoms with Gasteiger partial charge in [0.2, 0.25) is 5.91 Å². The fourth-order valence-electron chi connectivity index (χ4n) is 1.83. The number of allylic oxidation sites excluding steroid dienone is 1. The maximum Gasteiger partial charge on any atom is 0.239 e. The minimum Gasteiger partial charge on any atom is -0.550 e. The number of rotatable bonds is 6. The van der Waals surface area contributed by atoms with Crippen LogP contribution in [0.5, 0.6) is 5.75 Å². The van der Waals surface area contributed by atoms with Crippen LogP contribution in [0.1, 0.15) is 18.9 Å². The molecule has 7 nitrogen and oxygen atoms in total. The summed E-state index contributed by atoms with van der Waals surface area (Å²) >= 11 is 1.03. The molecular formula is C16H16N3O4S-. The van der Waals surface area contributed by atoms with Crippen molar-refractivity contribution in [1.82, 2.24) is 5.32 Å². The van der Waals surface area contributed by atoms with Gasteiger partial charge in [-0.3, -0.25) is 4.79 Å². The fourth-order valence-corrected chi connectivity index (χ4v) is 2.73. The van der Waals surface area contributed by atoms with Crippen molar-refractivity contribution in [1.29, 1.82) is 0 Å². The number of hydrogen-bond acceptors (Lipinski definition) is 7. The van der Waals surface area contributed by atoms with E-state index in [0.29, 0.717) is 5.71 Å². The summed E-state index contributed by atoms with van der Waals surface area (Å²) in [4.78, 5) is 22.1. The number of carboxylic acid groups (broad SMARTS) is 1. The third-order valence-electron chi connectivity index (χ3n) is 3.06. The van der Waals surface area contributed by atoms with Crippen molar-refractivity contribution < 1.29 is 19.4 Å². The van der Waals surface area contributed by atoms with Crippen LogP contribution in [-0.4, -0.2) is 35.1 Å². The van der Waals surface area contributed by atoms with Gasteiger partial charge in [-0.05, 0) is 30.7 Å². The van der Waals surface area contributed by atoms with Crippen molar-refractivity contribution in [2.45, 2.75) is 18.6 Å². The number of hydrogen-bond donors (Lipinski definition) is 1. The summed E-state index contributed by atoms with van der Waals surface area (Å²) in [6.07, 6.45) is 3.30. The average Bonchev–Trinajstić information content (AvgIpc) is 2.90. The number of carboxylic acids is 1. The van der Waals surface area contributed by atoms with E-state index in [0.717, 1.165) is 23.1 Å². The van der Waals surface area contributed by atoms with E-state index in [9.17, 15) is 14.7 Å². The van der Waals surface area contributed by atoms with Crippen molar-refractivity contribution in [2.24, 2.45) is 10.2 Å². The molecule has 24 heavy (non-hydrogen) atoms. The summed E-state index contributed by atoms with van der Waals surface area (Å²) in [5.41, 5.74) is 1.62. The molecule has 8 heteroatoms. The molecule has 1 heterocycles. The number of carbonyl (C=O) groups excluding carboxylic acids is 2. The molecule has 0 aliphatic carbocycles. The Bertz CT molecular complexity index is 711. The Balaban J connectivity index is 1.96. The highest BCUT2D eigenvalue weighted by Crippen LogP contribution is 2.22. The van der Waals surface area contributed by atoms with E-state index in [1.165, 1.54) is 0 Å². The molecule has 1 aromatic rings. The summed E-state index contributed by atoms with van der Waals surface area (Å²) in [7, 11) is 1.61. The maximum absolute atomic E-state index is 11.6. The number of amidine groups is 1. The molecule has 0 saturated carbocycles. The first-order valence-electron chi connectivity index (χ1n) is 7.09. The summed E-state index contributed by atoms with van der Waals surface area (Å²) in [5, 5.41) is 20.5. The number of aliphatic carboxylic acids is 1. The third kappa shape index (κ3) is 5.24. The van der Waals surface area contributed by atoms with Crippen molar-refractivity contribution in [3.63, 3.8) is 0 Å². The number of thioether (sulfide) groups is 1. The van der Waals surface area contributed by atoms with Gasteiger partial charge in [-0.15, -0.1) is 5.10 Å². The lowest BCUT2D eigenvalue weighted by molar-refractivity contribution is -0.305. The van der Waals surface area contributed by atoms with E-state index < -0.39 is 17.1 Å². The first-order chi connectivity index (χ1) is 11.5. The molecule has 0 unspecified atom stereocenters. The monoisotopic (exact) mass is 346 g/mol. The lowest BCUT2D eigenvalue weighted by Crippen LogP contribution is -2.31. The van der Waals surface area contributed by atoms with Crippen LogP contribution in [0.25, 0.3) is 6.08 Å². The van der Waals surface area contributed by atoms with Crippen LogP contribution in [-0.2, 0) is 9.59 Å². The zero-order chi connectivity index (χ0) is 17.5. The van der Waals surface area contributed by atoms with Gasteiger partial charge >= 0.3 is 0 Å². The van der Waals surface area contributed by atoms with Crippen LogP contribution in [0.4, 0.5) is 0 Å². The minimum absolute atomic E-state index is 0.281. The molecule has 1 amide bonds. The summed E-state index contributed by atoms with van der Waals surface area (Å²) in [6.45, 7) is 1.77. The number of nitrogens with one attached hydrogen (secondary N) is 1. The van der Waals surface area contributed by atoms with Crippen LogP contribution in [0.3, 0.4) is 0 Å². The van der Waals surface area contributed by atoms with Gasteiger partial charge < -0.3 is 20.0 Å². The lowest BCUT2D eigenvalue weighted by atomic mass is 10.2. The molecule has 1 atom stereocenters. The van der Waals surface area contributed by atoms with Crippen LogP contribution in [0, 0.1) is 0 Å². The zero-order valence-corrected chi connectivity index (χ0v) is 14.0. The number of amides is 1. The molecule has 126 valence electrons. The molecule has 1 aromatic carbocycles. The Hall–Kier alpha value is -2.61. The van der Waals surface area contributed by atoms with Gasteiger partial charge in [-0.1, -0.05) is 30.0 Å².